The Morgan fingerprint density at radius 3 is 0.667 bits per heavy atom. The van der Waals surface area contributed by atoms with Gasteiger partial charge in [-0.3, -0.25) is 0 Å². The molecular weight excluding hydrogens is 408 g/mol. The number of halogens is 1. The Bertz CT molecular complexity index is 138. The number of rotatable bonds is 0. The molecule has 0 N–H and O–H groups in total. The van der Waals surface area contributed by atoms with Crippen LogP contribution in [0.4, 0.5) is 0 Å². The molecule has 0 aromatic rings. The Balaban J connectivity index is -0.000000720. The predicted molar refractivity (Wildman–Crippen MR) is 73.4 cm³/mol. The van der Waals surface area contributed by atoms with Crippen LogP contribution in [-0.4, -0.2) is 15.5 Å². The maximum atomic E-state index is 2.38. The topological polar surface area (TPSA) is 0 Å². The van der Waals surface area contributed by atoms with Gasteiger partial charge in [-0.25, -0.2) is 0 Å². The van der Waals surface area contributed by atoms with Crippen molar-refractivity contribution in [3.8, 4) is 0 Å². The summed E-state index contributed by atoms with van der Waals surface area (Å²) in [5.74, 6) is 0. The van der Waals surface area contributed by atoms with E-state index in [1.807, 2.05) is 0 Å². The molecule has 0 aliphatic rings. The van der Waals surface area contributed by atoms with Crippen molar-refractivity contribution in [3.05, 3.63) is 0 Å². The summed E-state index contributed by atoms with van der Waals surface area (Å²) >= 11 is 0. The molecule has 15 heavy (non-hydrogen) atoms. The van der Waals surface area contributed by atoms with Crippen LogP contribution in [0.3, 0.4) is 0 Å². The molecule has 3 heteroatoms. The molecule has 0 fully saturated rings. The van der Waals surface area contributed by atoms with Crippen LogP contribution in [0.25, 0.3) is 0 Å². The molecule has 0 aliphatic carbocycles. The number of hydrogen-bond acceptors (Lipinski definition) is 0. The molecule has 0 atom stereocenters. The minimum atomic E-state index is 0. The zero-order valence-corrected chi connectivity index (χ0v) is 15.5. The van der Waals surface area contributed by atoms with E-state index in [4.69, 9.17) is 0 Å². The third kappa shape index (κ3) is 7.40. The summed E-state index contributed by atoms with van der Waals surface area (Å²) in [5.41, 5.74) is 0. The average Bonchev–Trinajstić information content (AvgIpc) is 1.44. The van der Waals surface area contributed by atoms with Gasteiger partial charge in [0, 0.05) is 22.4 Å². The van der Waals surface area contributed by atoms with E-state index in [2.05, 4.69) is 62.3 Å². The zero-order chi connectivity index (χ0) is 11.1. The van der Waals surface area contributed by atoms with Gasteiger partial charge in [-0.05, 0) is 15.5 Å². The molecule has 0 heterocycles. The standard InChI is InChI=1S/C12H27P.Au.ClH/c1-10(2,3)13(11(4,5)6)12(7,8)9;;/h1-9H3;;1H. The molecule has 0 spiro atoms. The minimum Gasteiger partial charge on any atom is -0.147 e. The van der Waals surface area contributed by atoms with Crippen molar-refractivity contribution < 1.29 is 22.4 Å². The summed E-state index contributed by atoms with van der Waals surface area (Å²) in [6.45, 7) is 21.5. The van der Waals surface area contributed by atoms with Crippen molar-refractivity contribution in [2.75, 3.05) is 0 Å². The summed E-state index contributed by atoms with van der Waals surface area (Å²) in [7, 11) is 0.0162. The monoisotopic (exact) mass is 435 g/mol. The molecule has 0 unspecified atom stereocenters. The third-order valence-corrected chi connectivity index (χ3v) is 6.04. The predicted octanol–water partition coefficient (Wildman–Crippen LogP) is 5.28. The second kappa shape index (κ2) is 6.41. The van der Waals surface area contributed by atoms with Crippen molar-refractivity contribution >= 4 is 20.3 Å². The van der Waals surface area contributed by atoms with Crippen LogP contribution in [0, 0.1) is 0 Å². The van der Waals surface area contributed by atoms with Crippen LogP contribution >= 0.6 is 20.3 Å². The van der Waals surface area contributed by atoms with Gasteiger partial charge in [0.25, 0.3) is 0 Å². The van der Waals surface area contributed by atoms with Gasteiger partial charge in [0.05, 0.1) is 0 Å². The zero-order valence-electron chi connectivity index (χ0n) is 11.7. The van der Waals surface area contributed by atoms with Crippen LogP contribution in [0.15, 0.2) is 0 Å². The van der Waals surface area contributed by atoms with Crippen LogP contribution in [0.5, 0.6) is 0 Å². The maximum absolute atomic E-state index is 2.38. The summed E-state index contributed by atoms with van der Waals surface area (Å²) in [6, 6.07) is 0. The fourth-order valence-electron chi connectivity index (χ4n) is 3.02. The molecule has 0 aromatic carbocycles. The Kier molecular flexibility index (Phi) is 9.28. The van der Waals surface area contributed by atoms with Gasteiger partial charge in [0.1, 0.15) is 0 Å². The second-order valence-corrected chi connectivity index (χ2v) is 11.5. The smallest absolute Gasteiger partial charge is 0 e. The Morgan fingerprint density at radius 1 is 0.533 bits per heavy atom. The van der Waals surface area contributed by atoms with Gasteiger partial charge in [-0.1, -0.05) is 70.2 Å². The normalized spacial score (nSPS) is 13.2. The van der Waals surface area contributed by atoms with E-state index >= 15 is 0 Å². The van der Waals surface area contributed by atoms with Gasteiger partial charge >= 0.3 is 0 Å². The Morgan fingerprint density at radius 2 is 0.667 bits per heavy atom. The second-order valence-electron chi connectivity index (χ2n) is 6.85. The van der Waals surface area contributed by atoms with Crippen molar-refractivity contribution in [2.24, 2.45) is 0 Å². The average molecular weight is 436 g/mol. The molecule has 0 saturated carbocycles. The molecule has 1 radical (unpaired) electrons. The van der Waals surface area contributed by atoms with Gasteiger partial charge in [-0.15, -0.1) is 12.4 Å². The van der Waals surface area contributed by atoms with Gasteiger partial charge in [0.2, 0.25) is 0 Å². The van der Waals surface area contributed by atoms with Crippen molar-refractivity contribution in [2.45, 2.75) is 77.8 Å². The van der Waals surface area contributed by atoms with E-state index in [1.54, 1.807) is 0 Å². The van der Waals surface area contributed by atoms with E-state index in [9.17, 15) is 0 Å². The molecule has 0 nitrogen and oxygen atoms in total. The first kappa shape index (κ1) is 21.7. The first-order chi connectivity index (χ1) is 5.37. The van der Waals surface area contributed by atoms with Crippen molar-refractivity contribution in [3.63, 3.8) is 0 Å². The van der Waals surface area contributed by atoms with Crippen LogP contribution < -0.4 is 0 Å². The van der Waals surface area contributed by atoms with Crippen molar-refractivity contribution in [1.82, 2.24) is 0 Å². The molecule has 0 rings (SSSR count). The largest absolute Gasteiger partial charge is 0.147 e. The maximum Gasteiger partial charge on any atom is 0 e. The molecule has 0 amide bonds. The van der Waals surface area contributed by atoms with Crippen LogP contribution in [0.1, 0.15) is 62.3 Å². The molecular formula is C12H28AuClP. The fraction of sp³-hybridized carbons (Fsp3) is 1.00. The Hall–Kier alpha value is 1.46. The fourth-order valence-corrected chi connectivity index (χ4v) is 9.06. The van der Waals surface area contributed by atoms with E-state index in [0.717, 1.165) is 0 Å². The minimum absolute atomic E-state index is 0. The van der Waals surface area contributed by atoms with Gasteiger partial charge in [-0.2, -0.15) is 0 Å². The Labute approximate surface area is 120 Å². The van der Waals surface area contributed by atoms with E-state index < -0.39 is 0 Å². The molecule has 0 saturated heterocycles. The van der Waals surface area contributed by atoms with E-state index in [1.165, 1.54) is 0 Å². The van der Waals surface area contributed by atoms with Crippen molar-refractivity contribution in [1.29, 1.82) is 0 Å². The molecule has 0 aliphatic heterocycles. The summed E-state index contributed by atoms with van der Waals surface area (Å²) in [5, 5.41) is 1.35. The quantitative estimate of drug-likeness (QED) is 0.358. The third-order valence-electron chi connectivity index (χ3n) is 2.01. The molecule has 99 valence electrons. The van der Waals surface area contributed by atoms with Crippen LogP contribution in [0.2, 0.25) is 0 Å². The SMILES string of the molecule is CC(C)(C)P(C(C)(C)C)C(C)(C)C.Cl.[Au]. The first-order valence-electron chi connectivity index (χ1n) is 5.17. The molecule has 0 aromatic heterocycles. The summed E-state index contributed by atoms with van der Waals surface area (Å²) in [6.07, 6.45) is 0. The number of hydrogen-bond donors (Lipinski definition) is 0. The first-order valence-corrected chi connectivity index (χ1v) is 6.51. The van der Waals surface area contributed by atoms with Gasteiger partial charge in [0.15, 0.2) is 0 Å². The summed E-state index contributed by atoms with van der Waals surface area (Å²) in [4.78, 5) is 0. The molecule has 0 bridgehead atoms. The van der Waals surface area contributed by atoms with E-state index in [-0.39, 0.29) is 42.7 Å². The summed E-state index contributed by atoms with van der Waals surface area (Å²) < 4.78 is 0. The van der Waals surface area contributed by atoms with Crippen LogP contribution in [-0.2, 0) is 22.4 Å². The van der Waals surface area contributed by atoms with E-state index in [0.29, 0.717) is 15.5 Å². The van der Waals surface area contributed by atoms with Gasteiger partial charge < -0.3 is 0 Å².